The topological polar surface area (TPSA) is 49.4 Å². The molecule has 5 heteroatoms. The Bertz CT molecular complexity index is 1030. The number of fused-ring (bicyclic) bond motifs is 2. The summed E-state index contributed by atoms with van der Waals surface area (Å²) in [6.07, 6.45) is 0. The second kappa shape index (κ2) is 7.75. The maximum absolute atomic E-state index is 13.2. The van der Waals surface area contributed by atoms with Gasteiger partial charge in [-0.1, -0.05) is 30.0 Å². The Balaban J connectivity index is 0.00000210. The van der Waals surface area contributed by atoms with Crippen molar-refractivity contribution >= 4 is 28.6 Å². The summed E-state index contributed by atoms with van der Waals surface area (Å²) < 4.78 is 0. The summed E-state index contributed by atoms with van der Waals surface area (Å²) in [5.41, 5.74) is 3.98. The zero-order valence-corrected chi connectivity index (χ0v) is 18.0. The van der Waals surface area contributed by atoms with Crippen molar-refractivity contribution in [1.29, 1.82) is 0 Å². The van der Waals surface area contributed by atoms with Gasteiger partial charge in [-0.2, -0.15) is 18.2 Å². The fourth-order valence-corrected chi connectivity index (χ4v) is 3.31. The number of carbonyl (C=O) groups excluding carboxylic acids is 2. The summed E-state index contributed by atoms with van der Waals surface area (Å²) >= 11 is 0. The number of rotatable bonds is 3. The third kappa shape index (κ3) is 3.35. The van der Waals surface area contributed by atoms with Gasteiger partial charge in [-0.3, -0.25) is 9.59 Å². The third-order valence-electron chi connectivity index (χ3n) is 4.53. The van der Waals surface area contributed by atoms with Crippen molar-refractivity contribution in [1.82, 2.24) is 0 Å². The maximum Gasteiger partial charge on any atom is 0.196 e. The minimum Gasteiger partial charge on any atom is -0.378 e. The quantitative estimate of drug-likeness (QED) is 0.498. The predicted octanol–water partition coefficient (Wildman–Crippen LogP) is 4.07. The molecule has 3 aromatic carbocycles. The van der Waals surface area contributed by atoms with Gasteiger partial charge in [-0.15, -0.1) is 12.1 Å². The minimum absolute atomic E-state index is 0. The Labute approximate surface area is 183 Å². The van der Waals surface area contributed by atoms with E-state index in [1.54, 1.807) is 36.4 Å². The molecule has 0 atom stereocenters. The van der Waals surface area contributed by atoms with Crippen molar-refractivity contribution in [3.8, 4) is 0 Å². The summed E-state index contributed by atoms with van der Waals surface area (Å²) in [5.74, 6) is -0.257. The Morgan fingerprint density at radius 2 is 1.41 bits per heavy atom. The molecule has 27 heavy (non-hydrogen) atoms. The molecule has 131 valence electrons. The molecular formula is C22H17N2O2Y-. The zero-order chi connectivity index (χ0) is 18.3. The average Bonchev–Trinajstić information content (AvgIpc) is 2.66. The molecule has 4 nitrogen and oxygen atoms in total. The molecule has 0 unspecified atom stereocenters. The van der Waals surface area contributed by atoms with Crippen LogP contribution in [-0.4, -0.2) is 25.7 Å². The van der Waals surface area contributed by atoms with Crippen molar-refractivity contribution in [3.05, 3.63) is 89.0 Å². The van der Waals surface area contributed by atoms with Crippen LogP contribution in [0, 0.1) is 6.07 Å². The molecule has 1 aliphatic rings. The van der Waals surface area contributed by atoms with Gasteiger partial charge < -0.3 is 10.2 Å². The average molecular weight is 430 g/mol. The summed E-state index contributed by atoms with van der Waals surface area (Å²) in [4.78, 5) is 28.3. The predicted molar refractivity (Wildman–Crippen MR) is 103 cm³/mol. The molecule has 4 rings (SSSR count). The smallest absolute Gasteiger partial charge is 0.196 e. The van der Waals surface area contributed by atoms with Gasteiger partial charge >= 0.3 is 0 Å². The van der Waals surface area contributed by atoms with Crippen molar-refractivity contribution in [2.24, 2.45) is 0 Å². The Hall–Kier alpha value is -2.30. The van der Waals surface area contributed by atoms with Gasteiger partial charge in [0.15, 0.2) is 11.6 Å². The summed E-state index contributed by atoms with van der Waals surface area (Å²) in [7, 11) is 3.74. The molecule has 0 spiro atoms. The molecule has 0 saturated heterocycles. The van der Waals surface area contributed by atoms with Crippen LogP contribution in [0.2, 0.25) is 0 Å². The maximum atomic E-state index is 13.2. The van der Waals surface area contributed by atoms with Gasteiger partial charge in [0.1, 0.15) is 0 Å². The van der Waals surface area contributed by atoms with Crippen LogP contribution in [-0.2, 0) is 32.7 Å². The van der Waals surface area contributed by atoms with E-state index < -0.39 is 0 Å². The number of hydrogen-bond donors (Lipinski definition) is 1. The molecule has 0 heterocycles. The molecule has 0 fully saturated rings. The first-order valence-corrected chi connectivity index (χ1v) is 8.34. The first-order valence-electron chi connectivity index (χ1n) is 8.34. The van der Waals surface area contributed by atoms with E-state index in [0.717, 1.165) is 11.4 Å². The monoisotopic (exact) mass is 430 g/mol. The number of nitrogens with one attached hydrogen (secondary N) is 1. The molecule has 0 bridgehead atoms. The Morgan fingerprint density at radius 1 is 0.815 bits per heavy atom. The van der Waals surface area contributed by atoms with E-state index in [2.05, 4.69) is 11.4 Å². The number of hydrogen-bond acceptors (Lipinski definition) is 4. The zero-order valence-electron chi connectivity index (χ0n) is 15.1. The van der Waals surface area contributed by atoms with Gasteiger partial charge in [0, 0.05) is 69.3 Å². The molecule has 3 aromatic rings. The van der Waals surface area contributed by atoms with Crippen LogP contribution in [0.3, 0.4) is 0 Å². The van der Waals surface area contributed by atoms with E-state index in [1.807, 2.05) is 43.3 Å². The minimum atomic E-state index is -0.135. The van der Waals surface area contributed by atoms with E-state index in [1.165, 1.54) is 0 Å². The van der Waals surface area contributed by atoms with Crippen molar-refractivity contribution in [2.45, 2.75) is 0 Å². The van der Waals surface area contributed by atoms with Crippen LogP contribution in [0.4, 0.5) is 17.1 Å². The normalized spacial score (nSPS) is 11.9. The van der Waals surface area contributed by atoms with Crippen LogP contribution in [0.15, 0.2) is 60.7 Å². The largest absolute Gasteiger partial charge is 0.378 e. The first kappa shape index (κ1) is 19.5. The van der Waals surface area contributed by atoms with Gasteiger partial charge in [-0.05, 0) is 12.1 Å². The fraction of sp³-hybridized carbons (Fsp3) is 0.0909. The Morgan fingerprint density at radius 3 is 2.00 bits per heavy atom. The summed E-state index contributed by atoms with van der Waals surface area (Å²) in [6, 6.07) is 21.0. The van der Waals surface area contributed by atoms with Gasteiger partial charge in [0.25, 0.3) is 0 Å². The van der Waals surface area contributed by atoms with Crippen molar-refractivity contribution in [3.63, 3.8) is 0 Å². The van der Waals surface area contributed by atoms with Crippen LogP contribution < -0.4 is 10.2 Å². The van der Waals surface area contributed by atoms with E-state index in [0.29, 0.717) is 27.9 Å². The molecular weight excluding hydrogens is 413 g/mol. The van der Waals surface area contributed by atoms with Crippen LogP contribution >= 0.6 is 0 Å². The third-order valence-corrected chi connectivity index (χ3v) is 4.53. The second-order valence-electron chi connectivity index (χ2n) is 6.39. The number of nitrogens with zero attached hydrogens (tertiary/aromatic N) is 1. The van der Waals surface area contributed by atoms with Crippen LogP contribution in [0.1, 0.15) is 31.8 Å². The molecule has 1 N–H and O–H groups in total. The van der Waals surface area contributed by atoms with Crippen LogP contribution in [0.5, 0.6) is 0 Å². The van der Waals surface area contributed by atoms with Crippen LogP contribution in [0.25, 0.3) is 0 Å². The van der Waals surface area contributed by atoms with Crippen molar-refractivity contribution in [2.75, 3.05) is 24.3 Å². The van der Waals surface area contributed by atoms with E-state index >= 15 is 0 Å². The second-order valence-corrected chi connectivity index (χ2v) is 6.39. The summed E-state index contributed by atoms with van der Waals surface area (Å²) in [5, 5.41) is 3.27. The van der Waals surface area contributed by atoms with E-state index in [4.69, 9.17) is 0 Å². The SMILES string of the molecule is CN(C)c1ccc(Nc2cc[c-]cc2)c2c1C(=O)c1ccccc1C2=O.[Y]. The molecule has 1 aliphatic carbocycles. The molecule has 1 radical (unpaired) electrons. The van der Waals surface area contributed by atoms with E-state index in [9.17, 15) is 9.59 Å². The van der Waals surface area contributed by atoms with Gasteiger partial charge in [0.05, 0.1) is 11.1 Å². The molecule has 0 aromatic heterocycles. The number of benzene rings is 3. The van der Waals surface area contributed by atoms with Crippen molar-refractivity contribution < 1.29 is 42.3 Å². The molecule has 0 aliphatic heterocycles. The number of carbonyl (C=O) groups is 2. The molecule has 0 amide bonds. The van der Waals surface area contributed by atoms with Gasteiger partial charge in [0.2, 0.25) is 0 Å². The Kier molecular flexibility index (Phi) is 5.59. The number of ketones is 2. The molecule has 0 saturated carbocycles. The number of anilines is 3. The van der Waals surface area contributed by atoms with E-state index in [-0.39, 0.29) is 44.3 Å². The standard InChI is InChI=1S/C22H17N2O2.Y/c1-24(2)18-13-12-17(23-14-8-4-3-5-9-14)19-20(18)22(26)16-11-7-6-10-15(16)21(19)25;/h4-13,23H,1-2H3;/q-1;. The summed E-state index contributed by atoms with van der Waals surface area (Å²) in [6.45, 7) is 0. The van der Waals surface area contributed by atoms with Gasteiger partial charge in [-0.25, -0.2) is 0 Å². The first-order chi connectivity index (χ1) is 12.6. The fourth-order valence-electron chi connectivity index (χ4n) is 3.31.